The first-order chi connectivity index (χ1) is 14.8. The van der Waals surface area contributed by atoms with E-state index in [-0.39, 0.29) is 39.1 Å². The van der Waals surface area contributed by atoms with Crippen molar-refractivity contribution in [2.45, 2.75) is 105 Å². The Morgan fingerprint density at radius 2 is 1.44 bits per heavy atom. The van der Waals surface area contributed by atoms with Crippen LogP contribution in [0.2, 0.25) is 0 Å². The molecule has 5 aliphatic carbocycles. The number of hydrogen-bond donors (Lipinski definition) is 2. The van der Waals surface area contributed by atoms with Crippen LogP contribution in [0.25, 0.3) is 0 Å². The van der Waals surface area contributed by atoms with Crippen LogP contribution in [0.15, 0.2) is 11.1 Å². The minimum Gasteiger partial charge on any atom is -0.385 e. The first-order valence-corrected chi connectivity index (χ1v) is 12.9. The lowest BCUT2D eigenvalue weighted by molar-refractivity contribution is -0.242. The fourth-order valence-corrected chi connectivity index (χ4v) is 10.0. The molecule has 4 nitrogen and oxygen atoms in total. The Hall–Kier alpha value is -1.00. The van der Waals surface area contributed by atoms with Crippen LogP contribution < -0.4 is 0 Å². The van der Waals surface area contributed by atoms with E-state index in [0.29, 0.717) is 24.2 Å². The number of rotatable bonds is 0. The monoisotopic (exact) mass is 442 g/mol. The molecule has 0 aromatic heterocycles. The number of Topliss-reactive ketones (excluding diaryl/α,β-unsaturated/α-hetero) is 2. The van der Waals surface area contributed by atoms with E-state index in [9.17, 15) is 19.8 Å². The van der Waals surface area contributed by atoms with Gasteiger partial charge in [0.2, 0.25) is 0 Å². The van der Waals surface area contributed by atoms with Crippen LogP contribution in [0, 0.1) is 45.3 Å². The normalized spacial score (nSPS) is 55.6. The number of carbonyl (C=O) groups is 2. The van der Waals surface area contributed by atoms with Gasteiger partial charge in [-0.3, -0.25) is 9.59 Å². The standard InChI is InChI=1S/C28H42O4/c1-15-13-21-26(4,24(32)22(15)30)10-12-27(5)20-8-7-17-16(2)23(31)19(29)14-18(17)25(20,3)9-11-28(21,27)6/h15,18-21,24,29,32H,7-14H2,1-6H3/t15-,18-,19+,20+,21-,24-,25+,26-,27-,28+/m1/s1. The smallest absolute Gasteiger partial charge is 0.186 e. The Morgan fingerprint density at radius 3 is 2.09 bits per heavy atom. The molecule has 5 aliphatic rings. The van der Waals surface area contributed by atoms with Crippen molar-refractivity contribution in [3.05, 3.63) is 11.1 Å². The van der Waals surface area contributed by atoms with Crippen LogP contribution >= 0.6 is 0 Å². The predicted octanol–water partition coefficient (Wildman–Crippen LogP) is 4.86. The SMILES string of the molecule is CC1=C2CC[C@H]3[C@@](C)(CC[C@@]4(C)[C@@H]5C[C@@H](C)C(=O)[C@@H](O)[C@]5(C)CC[C@]34C)[C@@H]2C[C@H](O)C1=O. The molecule has 0 heterocycles. The summed E-state index contributed by atoms with van der Waals surface area (Å²) in [6.45, 7) is 13.5. The van der Waals surface area contributed by atoms with Gasteiger partial charge >= 0.3 is 0 Å². The van der Waals surface area contributed by atoms with E-state index in [4.69, 9.17) is 0 Å². The highest BCUT2D eigenvalue weighted by atomic mass is 16.3. The molecular formula is C28H42O4. The van der Waals surface area contributed by atoms with E-state index < -0.39 is 12.2 Å². The van der Waals surface area contributed by atoms with E-state index in [1.54, 1.807) is 0 Å². The third-order valence-corrected chi connectivity index (χ3v) is 12.3. The van der Waals surface area contributed by atoms with E-state index in [2.05, 4.69) is 27.7 Å². The van der Waals surface area contributed by atoms with Crippen LogP contribution in [0.3, 0.4) is 0 Å². The summed E-state index contributed by atoms with van der Waals surface area (Å²) in [5.74, 6) is 1.08. The van der Waals surface area contributed by atoms with Crippen molar-refractivity contribution < 1.29 is 19.8 Å². The van der Waals surface area contributed by atoms with Crippen LogP contribution in [-0.2, 0) is 9.59 Å². The van der Waals surface area contributed by atoms with Gasteiger partial charge in [0.1, 0.15) is 12.2 Å². The van der Waals surface area contributed by atoms with Crippen molar-refractivity contribution in [1.29, 1.82) is 0 Å². The number of fused-ring (bicyclic) bond motifs is 7. The molecule has 4 heteroatoms. The molecule has 10 atom stereocenters. The third kappa shape index (κ3) is 2.52. The van der Waals surface area contributed by atoms with Crippen LogP contribution in [-0.4, -0.2) is 34.0 Å². The van der Waals surface area contributed by atoms with Gasteiger partial charge in [0.25, 0.3) is 0 Å². The zero-order valence-electron chi connectivity index (χ0n) is 20.8. The van der Waals surface area contributed by atoms with Gasteiger partial charge in [-0.05, 0) is 97.9 Å². The van der Waals surface area contributed by atoms with Gasteiger partial charge in [0.15, 0.2) is 11.6 Å². The summed E-state index contributed by atoms with van der Waals surface area (Å²) in [5.41, 5.74) is 2.13. The zero-order chi connectivity index (χ0) is 23.4. The molecule has 0 amide bonds. The molecule has 5 rings (SSSR count). The second kappa shape index (κ2) is 6.78. The van der Waals surface area contributed by atoms with E-state index in [0.717, 1.165) is 50.5 Å². The molecule has 0 unspecified atom stereocenters. The van der Waals surface area contributed by atoms with Gasteiger partial charge in [0, 0.05) is 11.3 Å². The molecule has 0 aromatic carbocycles. The van der Waals surface area contributed by atoms with Gasteiger partial charge in [-0.25, -0.2) is 0 Å². The van der Waals surface area contributed by atoms with E-state index in [1.807, 2.05) is 13.8 Å². The molecule has 178 valence electrons. The Morgan fingerprint density at radius 1 is 0.844 bits per heavy atom. The molecule has 0 spiro atoms. The lowest BCUT2D eigenvalue weighted by Crippen LogP contribution is -2.68. The summed E-state index contributed by atoms with van der Waals surface area (Å²) in [6, 6.07) is 0. The lowest BCUT2D eigenvalue weighted by atomic mass is 9.32. The Balaban J connectivity index is 1.57. The lowest BCUT2D eigenvalue weighted by Gasteiger charge is -2.73. The largest absolute Gasteiger partial charge is 0.385 e. The summed E-state index contributed by atoms with van der Waals surface area (Å²) in [6.07, 6.45) is 6.00. The van der Waals surface area contributed by atoms with Crippen LogP contribution in [0.4, 0.5) is 0 Å². The second-order valence-electron chi connectivity index (χ2n) is 13.3. The maximum Gasteiger partial charge on any atom is 0.186 e. The Labute approximate surface area is 193 Å². The molecule has 0 saturated heterocycles. The van der Waals surface area contributed by atoms with Crippen LogP contribution in [0.1, 0.15) is 92.9 Å². The van der Waals surface area contributed by atoms with Crippen molar-refractivity contribution >= 4 is 11.6 Å². The van der Waals surface area contributed by atoms with Gasteiger partial charge in [-0.15, -0.1) is 0 Å². The van der Waals surface area contributed by atoms with Crippen molar-refractivity contribution in [3.8, 4) is 0 Å². The first-order valence-electron chi connectivity index (χ1n) is 12.9. The second-order valence-corrected chi connectivity index (χ2v) is 13.3. The topological polar surface area (TPSA) is 74.6 Å². The number of aliphatic hydroxyl groups is 2. The minimum absolute atomic E-state index is 0.0420. The van der Waals surface area contributed by atoms with Gasteiger partial charge in [0.05, 0.1) is 0 Å². The maximum absolute atomic E-state index is 12.7. The quantitative estimate of drug-likeness (QED) is 0.562. The summed E-state index contributed by atoms with van der Waals surface area (Å²) >= 11 is 0. The summed E-state index contributed by atoms with van der Waals surface area (Å²) in [4.78, 5) is 25.3. The van der Waals surface area contributed by atoms with Crippen molar-refractivity contribution in [3.63, 3.8) is 0 Å². The van der Waals surface area contributed by atoms with Crippen molar-refractivity contribution in [2.75, 3.05) is 0 Å². The first kappa shape index (κ1) is 22.8. The molecule has 0 aromatic rings. The Kier molecular flexibility index (Phi) is 4.83. The van der Waals surface area contributed by atoms with Gasteiger partial charge < -0.3 is 10.2 Å². The van der Waals surface area contributed by atoms with Gasteiger partial charge in [-0.1, -0.05) is 40.2 Å². The van der Waals surface area contributed by atoms with E-state index >= 15 is 0 Å². The highest BCUT2D eigenvalue weighted by molar-refractivity contribution is 6.00. The number of allylic oxidation sites excluding steroid dienone is 1. The number of hydrogen-bond acceptors (Lipinski definition) is 4. The maximum atomic E-state index is 12.7. The third-order valence-electron chi connectivity index (χ3n) is 12.3. The average Bonchev–Trinajstić information content (AvgIpc) is 2.75. The zero-order valence-corrected chi connectivity index (χ0v) is 20.8. The fourth-order valence-electron chi connectivity index (χ4n) is 10.0. The molecule has 0 radical (unpaired) electrons. The molecule has 0 aliphatic heterocycles. The number of aliphatic hydroxyl groups excluding tert-OH is 2. The molecule has 4 fully saturated rings. The summed E-state index contributed by atoms with van der Waals surface area (Å²) in [7, 11) is 0. The average molecular weight is 443 g/mol. The molecule has 32 heavy (non-hydrogen) atoms. The molecule has 2 N–H and O–H groups in total. The highest BCUT2D eigenvalue weighted by Crippen LogP contribution is 2.76. The summed E-state index contributed by atoms with van der Waals surface area (Å²) in [5, 5.41) is 21.7. The number of carbonyl (C=O) groups excluding carboxylic acids is 2. The van der Waals surface area contributed by atoms with E-state index in [1.165, 1.54) is 5.57 Å². The summed E-state index contributed by atoms with van der Waals surface area (Å²) < 4.78 is 0. The fraction of sp³-hybridized carbons (Fsp3) is 0.857. The van der Waals surface area contributed by atoms with Crippen molar-refractivity contribution in [1.82, 2.24) is 0 Å². The van der Waals surface area contributed by atoms with Gasteiger partial charge in [-0.2, -0.15) is 0 Å². The molecular weight excluding hydrogens is 400 g/mol. The highest BCUT2D eigenvalue weighted by Gasteiger charge is 2.70. The van der Waals surface area contributed by atoms with Crippen LogP contribution in [0.5, 0.6) is 0 Å². The predicted molar refractivity (Wildman–Crippen MR) is 124 cm³/mol. The Bertz CT molecular complexity index is 905. The molecule has 4 saturated carbocycles. The molecule has 0 bridgehead atoms. The minimum atomic E-state index is -0.851. The number of ketones is 2. The van der Waals surface area contributed by atoms with Crippen molar-refractivity contribution in [2.24, 2.45) is 45.3 Å².